The Bertz CT molecular complexity index is 507. The average molecular weight is 361 g/mol. The van der Waals surface area contributed by atoms with Crippen LogP contribution in [-0.4, -0.2) is 29.4 Å². The first kappa shape index (κ1) is 16.4. The van der Waals surface area contributed by atoms with Crippen LogP contribution in [0, 0.1) is 11.6 Å². The Labute approximate surface area is 131 Å². The molecule has 1 aromatic rings. The molecule has 0 aromatic heterocycles. The van der Waals surface area contributed by atoms with Crippen molar-refractivity contribution in [2.75, 3.05) is 6.54 Å². The molecule has 6 heteroatoms. The monoisotopic (exact) mass is 360 g/mol. The van der Waals surface area contributed by atoms with E-state index in [0.29, 0.717) is 6.54 Å². The summed E-state index contributed by atoms with van der Waals surface area (Å²) in [5.74, 6) is -2.25. The summed E-state index contributed by atoms with van der Waals surface area (Å²) >= 11 is 3.01. The molecule has 1 amide bonds. The van der Waals surface area contributed by atoms with Crippen molar-refractivity contribution >= 4 is 21.8 Å². The van der Waals surface area contributed by atoms with Gasteiger partial charge in [-0.2, -0.15) is 0 Å². The van der Waals surface area contributed by atoms with E-state index in [2.05, 4.69) is 15.9 Å². The summed E-state index contributed by atoms with van der Waals surface area (Å²) in [7, 11) is 0. The molecule has 1 fully saturated rings. The Morgan fingerprint density at radius 1 is 1.29 bits per heavy atom. The van der Waals surface area contributed by atoms with Gasteiger partial charge in [0.2, 0.25) is 0 Å². The van der Waals surface area contributed by atoms with Crippen LogP contribution in [0.3, 0.4) is 0 Å². The summed E-state index contributed by atoms with van der Waals surface area (Å²) in [5, 5.41) is 0. The number of nitrogens with zero attached hydrogens (tertiary/aromatic N) is 1. The number of benzene rings is 1. The third kappa shape index (κ3) is 3.61. The number of amides is 1. The summed E-state index contributed by atoms with van der Waals surface area (Å²) < 4.78 is 28.2. The van der Waals surface area contributed by atoms with Gasteiger partial charge in [0, 0.05) is 23.1 Å². The molecule has 0 saturated heterocycles. The molecule has 21 heavy (non-hydrogen) atoms. The van der Waals surface area contributed by atoms with E-state index in [4.69, 9.17) is 5.73 Å². The Kier molecular flexibility index (Phi) is 5.32. The molecule has 0 heterocycles. The highest BCUT2D eigenvalue weighted by Gasteiger charge is 2.30. The second-order valence-electron chi connectivity index (χ2n) is 5.40. The molecule has 0 aliphatic heterocycles. The van der Waals surface area contributed by atoms with Gasteiger partial charge in [0.1, 0.15) is 17.2 Å². The predicted octanol–water partition coefficient (Wildman–Crippen LogP) is 3.46. The highest BCUT2D eigenvalue weighted by Crippen LogP contribution is 2.26. The second kappa shape index (κ2) is 6.83. The summed E-state index contributed by atoms with van der Waals surface area (Å²) in [6.07, 6.45) is 3.22. The standard InChI is InChI=1S/C15H19BrF2N2O/c1-2-20(11-5-3-10(19)4-6-11)15(21)14-12(17)7-9(16)8-13(14)18/h7-8,10-11H,2-6,19H2,1H3. The molecular weight excluding hydrogens is 342 g/mol. The lowest BCUT2D eigenvalue weighted by Crippen LogP contribution is -2.44. The van der Waals surface area contributed by atoms with Crippen molar-refractivity contribution in [3.8, 4) is 0 Å². The van der Waals surface area contributed by atoms with Crippen LogP contribution in [0.15, 0.2) is 16.6 Å². The fraction of sp³-hybridized carbons (Fsp3) is 0.533. The van der Waals surface area contributed by atoms with E-state index >= 15 is 0 Å². The highest BCUT2D eigenvalue weighted by atomic mass is 79.9. The SMILES string of the molecule is CCN(C(=O)c1c(F)cc(Br)cc1F)C1CCC(N)CC1. The zero-order chi connectivity index (χ0) is 15.6. The average Bonchev–Trinajstić information content (AvgIpc) is 2.40. The van der Waals surface area contributed by atoms with Crippen molar-refractivity contribution in [1.82, 2.24) is 4.90 Å². The third-order valence-corrected chi connectivity index (χ3v) is 4.46. The first-order valence-corrected chi connectivity index (χ1v) is 7.94. The lowest BCUT2D eigenvalue weighted by atomic mass is 9.90. The van der Waals surface area contributed by atoms with E-state index in [1.165, 1.54) is 0 Å². The van der Waals surface area contributed by atoms with Gasteiger partial charge in [-0.15, -0.1) is 0 Å². The molecule has 0 radical (unpaired) electrons. The molecule has 2 rings (SSSR count). The number of carbonyl (C=O) groups is 1. The molecule has 0 atom stereocenters. The highest BCUT2D eigenvalue weighted by molar-refractivity contribution is 9.10. The van der Waals surface area contributed by atoms with Gasteiger partial charge in [-0.05, 0) is 44.7 Å². The molecule has 116 valence electrons. The topological polar surface area (TPSA) is 46.3 Å². The lowest BCUT2D eigenvalue weighted by Gasteiger charge is -2.35. The first-order chi connectivity index (χ1) is 9.93. The summed E-state index contributed by atoms with van der Waals surface area (Å²) in [4.78, 5) is 14.1. The van der Waals surface area contributed by atoms with Crippen molar-refractivity contribution in [3.63, 3.8) is 0 Å². The number of hydrogen-bond acceptors (Lipinski definition) is 2. The number of rotatable bonds is 3. The molecule has 0 unspecified atom stereocenters. The van der Waals surface area contributed by atoms with Crippen molar-refractivity contribution in [2.45, 2.75) is 44.7 Å². The van der Waals surface area contributed by atoms with Crippen LogP contribution < -0.4 is 5.73 Å². The summed E-state index contributed by atoms with van der Waals surface area (Å²) in [6, 6.07) is 2.39. The molecule has 0 spiro atoms. The largest absolute Gasteiger partial charge is 0.336 e. The molecule has 1 aromatic carbocycles. The maximum Gasteiger partial charge on any atom is 0.260 e. The van der Waals surface area contributed by atoms with Gasteiger partial charge >= 0.3 is 0 Å². The van der Waals surface area contributed by atoms with Crippen LogP contribution in [0.2, 0.25) is 0 Å². The molecule has 1 saturated carbocycles. The van der Waals surface area contributed by atoms with Crippen molar-refractivity contribution in [2.24, 2.45) is 5.73 Å². The van der Waals surface area contributed by atoms with Gasteiger partial charge in [-0.25, -0.2) is 8.78 Å². The molecule has 0 bridgehead atoms. The Morgan fingerprint density at radius 2 is 1.81 bits per heavy atom. The Hall–Kier alpha value is -1.01. The number of hydrogen-bond donors (Lipinski definition) is 1. The number of nitrogens with two attached hydrogens (primary N) is 1. The van der Waals surface area contributed by atoms with Crippen molar-refractivity contribution in [1.29, 1.82) is 0 Å². The van der Waals surface area contributed by atoms with E-state index in [1.54, 1.807) is 4.90 Å². The predicted molar refractivity (Wildman–Crippen MR) is 81.0 cm³/mol. The summed E-state index contributed by atoms with van der Waals surface area (Å²) in [6.45, 7) is 2.24. The lowest BCUT2D eigenvalue weighted by molar-refractivity contribution is 0.0630. The van der Waals surface area contributed by atoms with E-state index in [9.17, 15) is 13.6 Å². The van der Waals surface area contributed by atoms with Gasteiger partial charge in [0.15, 0.2) is 0 Å². The number of halogens is 3. The van der Waals surface area contributed by atoms with Crippen LogP contribution >= 0.6 is 15.9 Å². The van der Waals surface area contributed by atoms with Gasteiger partial charge < -0.3 is 10.6 Å². The zero-order valence-electron chi connectivity index (χ0n) is 11.9. The molecular formula is C15H19BrF2N2O. The van der Waals surface area contributed by atoms with Crippen LogP contribution in [-0.2, 0) is 0 Å². The molecule has 1 aliphatic rings. The van der Waals surface area contributed by atoms with Gasteiger partial charge in [0.05, 0.1) is 0 Å². The Morgan fingerprint density at radius 3 is 2.29 bits per heavy atom. The van der Waals surface area contributed by atoms with Crippen LogP contribution in [0.4, 0.5) is 8.78 Å². The minimum absolute atomic E-state index is 0.00440. The van der Waals surface area contributed by atoms with E-state index in [-0.39, 0.29) is 16.6 Å². The zero-order valence-corrected chi connectivity index (χ0v) is 13.5. The van der Waals surface area contributed by atoms with Crippen molar-refractivity contribution in [3.05, 3.63) is 33.8 Å². The molecule has 3 nitrogen and oxygen atoms in total. The first-order valence-electron chi connectivity index (χ1n) is 7.15. The molecule has 2 N–H and O–H groups in total. The van der Waals surface area contributed by atoms with Crippen LogP contribution in [0.1, 0.15) is 43.0 Å². The Balaban J connectivity index is 2.25. The van der Waals surface area contributed by atoms with Crippen LogP contribution in [0.5, 0.6) is 0 Å². The fourth-order valence-corrected chi connectivity index (χ4v) is 3.27. The minimum atomic E-state index is -0.835. The fourth-order valence-electron chi connectivity index (χ4n) is 2.87. The maximum atomic E-state index is 14.0. The maximum absolute atomic E-state index is 14.0. The molecule has 1 aliphatic carbocycles. The van der Waals surface area contributed by atoms with E-state index in [1.807, 2.05) is 6.92 Å². The van der Waals surface area contributed by atoms with Gasteiger partial charge in [-0.1, -0.05) is 15.9 Å². The van der Waals surface area contributed by atoms with Gasteiger partial charge in [-0.3, -0.25) is 4.79 Å². The number of carbonyl (C=O) groups excluding carboxylic acids is 1. The van der Waals surface area contributed by atoms with E-state index < -0.39 is 23.1 Å². The smallest absolute Gasteiger partial charge is 0.260 e. The second-order valence-corrected chi connectivity index (χ2v) is 6.32. The van der Waals surface area contributed by atoms with E-state index in [0.717, 1.165) is 37.8 Å². The van der Waals surface area contributed by atoms with Crippen LogP contribution in [0.25, 0.3) is 0 Å². The summed E-state index contributed by atoms with van der Waals surface area (Å²) in [5.41, 5.74) is 5.39. The quantitative estimate of drug-likeness (QED) is 0.896. The van der Waals surface area contributed by atoms with Gasteiger partial charge in [0.25, 0.3) is 5.91 Å². The third-order valence-electron chi connectivity index (χ3n) is 4.00. The normalized spacial score (nSPS) is 22.1. The minimum Gasteiger partial charge on any atom is -0.336 e. The van der Waals surface area contributed by atoms with Crippen molar-refractivity contribution < 1.29 is 13.6 Å².